The Kier molecular flexibility index (Phi) is 3.89. The van der Waals surface area contributed by atoms with Gasteiger partial charge in [0.1, 0.15) is 0 Å². The minimum atomic E-state index is -1.61. The fourth-order valence-corrected chi connectivity index (χ4v) is 4.50. The summed E-state index contributed by atoms with van der Waals surface area (Å²) in [5.74, 6) is 0. The molecule has 0 aromatic rings. The molecule has 1 unspecified atom stereocenters. The molecule has 0 saturated carbocycles. The van der Waals surface area contributed by atoms with Gasteiger partial charge in [-0.3, -0.25) is 4.90 Å². The molecule has 0 spiro atoms. The third-order valence-corrected chi connectivity index (χ3v) is 10.9. The van der Waals surface area contributed by atoms with Gasteiger partial charge in [-0.1, -0.05) is 40.4 Å². The van der Waals surface area contributed by atoms with Crippen molar-refractivity contribution in [2.45, 2.75) is 64.2 Å². The fraction of sp³-hybridized carbons (Fsp3) is 1.00. The van der Waals surface area contributed by atoms with E-state index in [2.05, 4.69) is 58.4 Å². The van der Waals surface area contributed by atoms with E-state index in [0.29, 0.717) is 5.67 Å². The molecular formula is C13H31NOSi2. The van der Waals surface area contributed by atoms with Gasteiger partial charge in [0.05, 0.1) is 8.07 Å². The van der Waals surface area contributed by atoms with Crippen LogP contribution in [0.2, 0.25) is 37.8 Å². The van der Waals surface area contributed by atoms with Gasteiger partial charge < -0.3 is 4.43 Å². The van der Waals surface area contributed by atoms with Crippen molar-refractivity contribution < 1.29 is 5.80 Å². The van der Waals surface area contributed by atoms with Gasteiger partial charge in [-0.25, -0.2) is 0 Å². The minimum absolute atomic E-state index is 0.0414. The summed E-state index contributed by atoms with van der Waals surface area (Å²) in [7, 11) is -2.80. The van der Waals surface area contributed by atoms with E-state index in [1.165, 1.54) is 0 Å². The van der Waals surface area contributed by atoms with Crippen LogP contribution < -0.4 is 0 Å². The second-order valence-corrected chi connectivity index (χ2v) is 17.9. The molecule has 17 heavy (non-hydrogen) atoms. The SMILES string of the molecule is [2H][C@@H]1[C@@H]([Si](C)(C)C)N1CCO[Si](C)(C)C(C)(C)C. The largest absolute Gasteiger partial charge is 0.416 e. The van der Waals surface area contributed by atoms with Crippen LogP contribution in [-0.2, 0) is 4.43 Å². The van der Waals surface area contributed by atoms with Crippen molar-refractivity contribution in [1.82, 2.24) is 4.90 Å². The normalized spacial score (nSPS) is 31.3. The molecule has 0 aliphatic carbocycles. The van der Waals surface area contributed by atoms with Crippen LogP contribution in [0.5, 0.6) is 0 Å². The fourth-order valence-electron chi connectivity index (χ4n) is 1.70. The molecule has 0 N–H and O–H groups in total. The van der Waals surface area contributed by atoms with Crippen molar-refractivity contribution in [3.8, 4) is 0 Å². The molecule has 1 rings (SSSR count). The molecule has 0 radical (unpaired) electrons. The van der Waals surface area contributed by atoms with Gasteiger partial charge in [-0.2, -0.15) is 0 Å². The molecule has 0 aromatic heterocycles. The summed E-state index contributed by atoms with van der Waals surface area (Å²) in [6.45, 7) is 20.3. The quantitative estimate of drug-likeness (QED) is 0.561. The Morgan fingerprint density at radius 2 is 1.76 bits per heavy atom. The maximum Gasteiger partial charge on any atom is 0.192 e. The third-order valence-electron chi connectivity index (χ3n) is 4.11. The molecule has 0 aromatic carbocycles. The van der Waals surface area contributed by atoms with E-state index in [9.17, 15) is 0 Å². The topological polar surface area (TPSA) is 12.2 Å². The Hall–Kier alpha value is 0.354. The van der Waals surface area contributed by atoms with E-state index in [1.807, 2.05) is 0 Å². The zero-order chi connectivity index (χ0) is 14.4. The average Bonchev–Trinajstić information content (AvgIpc) is 2.73. The molecule has 1 fully saturated rings. The minimum Gasteiger partial charge on any atom is -0.416 e. The predicted molar refractivity (Wildman–Crippen MR) is 81.9 cm³/mol. The van der Waals surface area contributed by atoms with Crippen LogP contribution in [0.4, 0.5) is 0 Å². The van der Waals surface area contributed by atoms with Gasteiger partial charge in [0, 0.05) is 26.7 Å². The molecule has 3 atom stereocenters. The van der Waals surface area contributed by atoms with E-state index in [4.69, 9.17) is 5.80 Å². The summed E-state index contributed by atoms with van der Waals surface area (Å²) in [6, 6.07) is 0. The van der Waals surface area contributed by atoms with Gasteiger partial charge in [-0.05, 0) is 18.1 Å². The van der Waals surface area contributed by atoms with Crippen LogP contribution in [0.3, 0.4) is 0 Å². The van der Waals surface area contributed by atoms with Crippen LogP contribution in [0.25, 0.3) is 0 Å². The van der Waals surface area contributed by atoms with Crippen LogP contribution in [0.1, 0.15) is 22.1 Å². The second kappa shape index (κ2) is 4.80. The molecule has 2 nitrogen and oxygen atoms in total. The molecule has 1 heterocycles. The van der Waals surface area contributed by atoms with Crippen molar-refractivity contribution >= 4 is 16.4 Å². The van der Waals surface area contributed by atoms with Gasteiger partial charge in [0.25, 0.3) is 0 Å². The Labute approximate surface area is 111 Å². The summed E-state index contributed by atoms with van der Waals surface area (Å²) in [4.78, 5) is 2.30. The Morgan fingerprint density at radius 3 is 2.12 bits per heavy atom. The summed E-state index contributed by atoms with van der Waals surface area (Å²) in [5, 5.41) is 0.282. The smallest absolute Gasteiger partial charge is 0.192 e. The lowest BCUT2D eigenvalue weighted by Crippen LogP contribution is -2.42. The van der Waals surface area contributed by atoms with E-state index >= 15 is 0 Å². The van der Waals surface area contributed by atoms with Crippen molar-refractivity contribution in [3.05, 3.63) is 0 Å². The first-order valence-corrected chi connectivity index (χ1v) is 13.2. The second-order valence-electron chi connectivity index (χ2n) is 7.81. The zero-order valence-corrected chi connectivity index (χ0v) is 14.9. The van der Waals surface area contributed by atoms with Gasteiger partial charge >= 0.3 is 0 Å². The van der Waals surface area contributed by atoms with E-state index in [-0.39, 0.29) is 11.6 Å². The molecule has 0 amide bonds. The highest BCUT2D eigenvalue weighted by Gasteiger charge is 2.44. The highest BCUT2D eigenvalue weighted by atomic mass is 28.4. The lowest BCUT2D eigenvalue weighted by molar-refractivity contribution is 0.265. The van der Waals surface area contributed by atoms with Crippen LogP contribution >= 0.6 is 0 Å². The van der Waals surface area contributed by atoms with E-state index < -0.39 is 16.4 Å². The standard InChI is InChI=1S/C13H31NOSi2/c1-13(2,3)17(7,8)15-10-9-14-11-12(14)16(4,5)6/h12H,9-11H2,1-8H3/t12-,14?/m1/s1/i11D/t11-,12-,14?. The van der Waals surface area contributed by atoms with Gasteiger partial charge in [-0.15, -0.1) is 0 Å². The lowest BCUT2D eigenvalue weighted by Gasteiger charge is -2.36. The first kappa shape index (κ1) is 13.8. The lowest BCUT2D eigenvalue weighted by atomic mass is 10.2. The summed E-state index contributed by atoms with van der Waals surface area (Å²) in [6.07, 6.45) is 0. The monoisotopic (exact) mass is 274 g/mol. The van der Waals surface area contributed by atoms with Gasteiger partial charge in [0.15, 0.2) is 8.32 Å². The van der Waals surface area contributed by atoms with E-state index in [0.717, 1.165) is 13.2 Å². The van der Waals surface area contributed by atoms with Crippen LogP contribution in [0.15, 0.2) is 0 Å². The first-order chi connectivity index (χ1) is 7.88. The molecule has 1 aliphatic rings. The number of nitrogens with zero attached hydrogens (tertiary/aromatic N) is 1. The third kappa shape index (κ3) is 4.19. The van der Waals surface area contributed by atoms with Crippen LogP contribution in [0, 0.1) is 0 Å². The number of rotatable bonds is 5. The van der Waals surface area contributed by atoms with Crippen molar-refractivity contribution in [2.75, 3.05) is 19.7 Å². The van der Waals surface area contributed by atoms with Crippen molar-refractivity contribution in [1.29, 1.82) is 0 Å². The van der Waals surface area contributed by atoms with Gasteiger partial charge in [0.2, 0.25) is 0 Å². The van der Waals surface area contributed by atoms with Crippen LogP contribution in [-0.4, -0.2) is 46.6 Å². The van der Waals surface area contributed by atoms with Crippen molar-refractivity contribution in [3.63, 3.8) is 0 Å². The molecule has 102 valence electrons. The zero-order valence-electron chi connectivity index (χ0n) is 13.9. The Morgan fingerprint density at radius 1 is 1.24 bits per heavy atom. The van der Waals surface area contributed by atoms with Crippen molar-refractivity contribution in [2.24, 2.45) is 0 Å². The average molecular weight is 275 g/mol. The maximum atomic E-state index is 8.04. The molecular weight excluding hydrogens is 242 g/mol. The molecule has 1 saturated heterocycles. The van der Waals surface area contributed by atoms with E-state index in [1.54, 1.807) is 0 Å². The highest BCUT2D eigenvalue weighted by molar-refractivity contribution is 6.78. The number of hydrogen-bond donors (Lipinski definition) is 0. The molecule has 1 aliphatic heterocycles. The highest BCUT2D eigenvalue weighted by Crippen LogP contribution is 2.36. The molecule has 4 heteroatoms. The Balaban J connectivity index is 2.37. The maximum absolute atomic E-state index is 8.04. The molecule has 0 bridgehead atoms. The summed E-state index contributed by atoms with van der Waals surface area (Å²) >= 11 is 0. The summed E-state index contributed by atoms with van der Waals surface area (Å²) < 4.78 is 14.2. The summed E-state index contributed by atoms with van der Waals surface area (Å²) in [5.41, 5.74) is 0.542. The first-order valence-electron chi connectivity index (χ1n) is 7.27. The predicted octanol–water partition coefficient (Wildman–Crippen LogP) is 3.57. The Bertz CT molecular complexity index is 296. The number of hydrogen-bond acceptors (Lipinski definition) is 2.